The van der Waals surface area contributed by atoms with Gasteiger partial charge >= 0.3 is 0 Å². The maximum atomic E-state index is 5.47. The Hall–Kier alpha value is -2.97. The van der Waals surface area contributed by atoms with Crippen LogP contribution in [0.3, 0.4) is 0 Å². The summed E-state index contributed by atoms with van der Waals surface area (Å²) in [6.07, 6.45) is 3.09. The van der Waals surface area contributed by atoms with Crippen molar-refractivity contribution >= 4 is 17.4 Å². The van der Waals surface area contributed by atoms with Gasteiger partial charge in [-0.25, -0.2) is 15.0 Å². The SMILES string of the molecule is CCOc1cc(N2CCN(c3cc(C)nc4ncnn34)CC2)ncn1. The van der Waals surface area contributed by atoms with Crippen LogP contribution in [0.1, 0.15) is 12.6 Å². The quantitative estimate of drug-likeness (QED) is 0.694. The van der Waals surface area contributed by atoms with E-state index in [1.807, 2.05) is 19.9 Å². The van der Waals surface area contributed by atoms with Crippen molar-refractivity contribution in [1.29, 1.82) is 0 Å². The minimum Gasteiger partial charge on any atom is -0.478 e. The van der Waals surface area contributed by atoms with E-state index in [2.05, 4.69) is 40.9 Å². The summed E-state index contributed by atoms with van der Waals surface area (Å²) in [6, 6.07) is 3.95. The Morgan fingerprint density at radius 1 is 1.00 bits per heavy atom. The summed E-state index contributed by atoms with van der Waals surface area (Å²) in [4.78, 5) is 21.7. The number of aryl methyl sites for hydroxylation is 1. The van der Waals surface area contributed by atoms with E-state index in [1.165, 1.54) is 6.33 Å². The first-order valence-electron chi connectivity index (χ1n) is 8.36. The molecular weight excluding hydrogens is 320 g/mol. The highest BCUT2D eigenvalue weighted by Gasteiger charge is 2.21. The van der Waals surface area contributed by atoms with Gasteiger partial charge in [-0.2, -0.15) is 14.6 Å². The summed E-state index contributed by atoms with van der Waals surface area (Å²) in [6.45, 7) is 7.98. The van der Waals surface area contributed by atoms with Gasteiger partial charge in [-0.05, 0) is 13.8 Å². The van der Waals surface area contributed by atoms with Crippen molar-refractivity contribution < 1.29 is 4.74 Å². The van der Waals surface area contributed by atoms with E-state index in [-0.39, 0.29) is 0 Å². The third kappa shape index (κ3) is 3.04. The zero-order chi connectivity index (χ0) is 17.2. The van der Waals surface area contributed by atoms with Crippen LogP contribution in [-0.4, -0.2) is 62.3 Å². The molecule has 0 saturated carbocycles. The maximum Gasteiger partial charge on any atom is 0.254 e. The molecule has 0 amide bonds. The molecular formula is C16H20N8O. The van der Waals surface area contributed by atoms with Gasteiger partial charge < -0.3 is 14.5 Å². The summed E-state index contributed by atoms with van der Waals surface area (Å²) in [7, 11) is 0. The topological polar surface area (TPSA) is 84.6 Å². The number of fused-ring (bicyclic) bond motifs is 1. The number of piperazine rings is 1. The number of rotatable bonds is 4. The first-order valence-corrected chi connectivity index (χ1v) is 8.36. The Labute approximate surface area is 145 Å². The molecule has 4 rings (SSSR count). The van der Waals surface area contributed by atoms with Gasteiger partial charge in [0.2, 0.25) is 5.88 Å². The normalized spacial score (nSPS) is 15.0. The van der Waals surface area contributed by atoms with Crippen molar-refractivity contribution in [3.05, 3.63) is 30.5 Å². The van der Waals surface area contributed by atoms with Crippen LogP contribution < -0.4 is 14.5 Å². The molecule has 25 heavy (non-hydrogen) atoms. The molecule has 0 bridgehead atoms. The molecule has 0 N–H and O–H groups in total. The molecule has 3 aromatic rings. The van der Waals surface area contributed by atoms with Crippen molar-refractivity contribution in [2.45, 2.75) is 13.8 Å². The predicted octanol–water partition coefficient (Wildman–Crippen LogP) is 0.948. The van der Waals surface area contributed by atoms with Crippen molar-refractivity contribution in [3.8, 4) is 5.88 Å². The minimum atomic E-state index is 0.597. The highest BCUT2D eigenvalue weighted by atomic mass is 16.5. The highest BCUT2D eigenvalue weighted by molar-refractivity contribution is 5.50. The monoisotopic (exact) mass is 340 g/mol. The zero-order valence-corrected chi connectivity index (χ0v) is 14.3. The van der Waals surface area contributed by atoms with Crippen molar-refractivity contribution in [3.63, 3.8) is 0 Å². The highest BCUT2D eigenvalue weighted by Crippen LogP contribution is 2.21. The molecule has 1 aliphatic heterocycles. The third-order valence-corrected chi connectivity index (χ3v) is 4.21. The van der Waals surface area contributed by atoms with Crippen LogP contribution in [-0.2, 0) is 0 Å². The third-order valence-electron chi connectivity index (χ3n) is 4.21. The second-order valence-electron chi connectivity index (χ2n) is 5.85. The summed E-state index contributed by atoms with van der Waals surface area (Å²) in [5.74, 6) is 3.17. The van der Waals surface area contributed by atoms with Gasteiger partial charge in [-0.15, -0.1) is 0 Å². The molecule has 4 heterocycles. The van der Waals surface area contributed by atoms with Gasteiger partial charge in [0.25, 0.3) is 5.78 Å². The molecule has 130 valence electrons. The van der Waals surface area contributed by atoms with Crippen molar-refractivity contribution in [2.24, 2.45) is 0 Å². The Balaban J connectivity index is 1.51. The van der Waals surface area contributed by atoms with Crippen LogP contribution in [0.4, 0.5) is 11.6 Å². The van der Waals surface area contributed by atoms with E-state index in [1.54, 1.807) is 10.8 Å². The van der Waals surface area contributed by atoms with Crippen LogP contribution in [0.25, 0.3) is 5.78 Å². The first kappa shape index (κ1) is 15.6. The molecule has 1 aliphatic rings. The molecule has 9 heteroatoms. The average molecular weight is 340 g/mol. The van der Waals surface area contributed by atoms with E-state index in [0.717, 1.165) is 43.5 Å². The lowest BCUT2D eigenvalue weighted by Gasteiger charge is -2.36. The lowest BCUT2D eigenvalue weighted by atomic mass is 10.3. The Bertz CT molecular complexity index is 871. The van der Waals surface area contributed by atoms with Crippen molar-refractivity contribution in [1.82, 2.24) is 29.5 Å². The van der Waals surface area contributed by atoms with Gasteiger partial charge in [0.05, 0.1) is 6.61 Å². The second kappa shape index (κ2) is 6.50. The molecule has 1 saturated heterocycles. The number of ether oxygens (including phenoxy) is 1. The second-order valence-corrected chi connectivity index (χ2v) is 5.85. The largest absolute Gasteiger partial charge is 0.478 e. The van der Waals surface area contributed by atoms with Gasteiger partial charge in [-0.3, -0.25) is 0 Å². The zero-order valence-electron chi connectivity index (χ0n) is 14.3. The molecule has 0 radical (unpaired) electrons. The van der Waals surface area contributed by atoms with Gasteiger partial charge in [0.1, 0.15) is 24.3 Å². The van der Waals surface area contributed by atoms with E-state index in [9.17, 15) is 0 Å². The van der Waals surface area contributed by atoms with Crippen LogP contribution in [0, 0.1) is 6.92 Å². The molecule has 0 spiro atoms. The maximum absolute atomic E-state index is 5.47. The summed E-state index contributed by atoms with van der Waals surface area (Å²) < 4.78 is 7.26. The molecule has 1 fully saturated rings. The van der Waals surface area contributed by atoms with Crippen LogP contribution in [0.2, 0.25) is 0 Å². The number of nitrogens with zero attached hydrogens (tertiary/aromatic N) is 8. The van der Waals surface area contributed by atoms with Gasteiger partial charge in [0.15, 0.2) is 0 Å². The van der Waals surface area contributed by atoms with Gasteiger partial charge in [0, 0.05) is 44.0 Å². The number of anilines is 2. The van der Waals surface area contributed by atoms with E-state index >= 15 is 0 Å². The Morgan fingerprint density at radius 3 is 2.60 bits per heavy atom. The van der Waals surface area contributed by atoms with Crippen LogP contribution >= 0.6 is 0 Å². The minimum absolute atomic E-state index is 0.597. The molecule has 9 nitrogen and oxygen atoms in total. The number of hydrogen-bond acceptors (Lipinski definition) is 8. The number of aromatic nitrogens is 6. The average Bonchev–Trinajstić information content (AvgIpc) is 3.10. The summed E-state index contributed by atoms with van der Waals surface area (Å²) in [5.41, 5.74) is 0.940. The molecule has 0 atom stereocenters. The lowest BCUT2D eigenvalue weighted by Crippen LogP contribution is -2.47. The fraction of sp³-hybridized carbons (Fsp3) is 0.438. The Kier molecular flexibility index (Phi) is 4.04. The van der Waals surface area contributed by atoms with E-state index in [4.69, 9.17) is 4.74 Å². The molecule has 0 unspecified atom stereocenters. The van der Waals surface area contributed by atoms with E-state index in [0.29, 0.717) is 18.3 Å². The molecule has 0 aromatic carbocycles. The molecule has 0 aliphatic carbocycles. The van der Waals surface area contributed by atoms with Crippen LogP contribution in [0.5, 0.6) is 5.88 Å². The van der Waals surface area contributed by atoms with Crippen molar-refractivity contribution in [2.75, 3.05) is 42.6 Å². The summed E-state index contributed by atoms with van der Waals surface area (Å²) in [5, 5.41) is 4.29. The fourth-order valence-corrected chi connectivity index (χ4v) is 3.03. The smallest absolute Gasteiger partial charge is 0.254 e. The lowest BCUT2D eigenvalue weighted by molar-refractivity contribution is 0.326. The Morgan fingerprint density at radius 2 is 1.80 bits per heavy atom. The summed E-state index contributed by atoms with van der Waals surface area (Å²) >= 11 is 0. The predicted molar refractivity (Wildman–Crippen MR) is 93.1 cm³/mol. The first-order chi connectivity index (χ1) is 12.2. The van der Waals surface area contributed by atoms with E-state index < -0.39 is 0 Å². The number of hydrogen-bond donors (Lipinski definition) is 0. The fourth-order valence-electron chi connectivity index (χ4n) is 3.03. The van der Waals surface area contributed by atoms with Gasteiger partial charge in [-0.1, -0.05) is 0 Å². The molecule has 3 aromatic heterocycles. The standard InChI is InChI=1S/C16H20N8O/c1-3-25-14-9-13(17-10-18-14)22-4-6-23(7-5-22)15-8-12(2)21-16-19-11-20-24(15)16/h8-11H,3-7H2,1-2H3. The van der Waals surface area contributed by atoms with Crippen LogP contribution in [0.15, 0.2) is 24.8 Å².